The van der Waals surface area contributed by atoms with Crippen molar-refractivity contribution in [2.45, 2.75) is 23.8 Å². The fraction of sp³-hybridized carbons (Fsp3) is 0.308. The molecular weight excluding hydrogens is 342 g/mol. The molecule has 0 heterocycles. The number of benzene rings is 1. The van der Waals surface area contributed by atoms with Gasteiger partial charge in [0.2, 0.25) is 15.9 Å². The Morgan fingerprint density at radius 1 is 1.17 bits per heavy atom. The highest BCUT2D eigenvalue weighted by atomic mass is 32.2. The minimum atomic E-state index is -3.74. The SMILES string of the molecule is NS(=O)(=O)c1cccc(NC(=O)CNC2CC2)c1.O=C(O)C(=O)O. The van der Waals surface area contributed by atoms with Crippen LogP contribution in [-0.4, -0.2) is 49.1 Å². The Bertz CT molecular complexity index is 717. The third kappa shape index (κ3) is 7.67. The number of carboxylic acids is 2. The smallest absolute Gasteiger partial charge is 0.414 e. The topological polar surface area (TPSA) is 176 Å². The van der Waals surface area contributed by atoms with Crippen LogP contribution in [0, 0.1) is 0 Å². The second-order valence-electron chi connectivity index (χ2n) is 4.89. The predicted molar refractivity (Wildman–Crippen MR) is 82.7 cm³/mol. The summed E-state index contributed by atoms with van der Waals surface area (Å²) < 4.78 is 22.3. The van der Waals surface area contributed by atoms with E-state index in [1.807, 2.05) is 0 Å². The van der Waals surface area contributed by atoms with Crippen LogP contribution in [0.5, 0.6) is 0 Å². The van der Waals surface area contributed by atoms with Crippen molar-refractivity contribution in [3.05, 3.63) is 24.3 Å². The van der Waals surface area contributed by atoms with Crippen LogP contribution in [0.3, 0.4) is 0 Å². The number of carbonyl (C=O) groups is 3. The molecule has 2 rings (SSSR count). The maximum atomic E-state index is 11.6. The van der Waals surface area contributed by atoms with Gasteiger partial charge in [-0.15, -0.1) is 0 Å². The summed E-state index contributed by atoms with van der Waals surface area (Å²) in [6.07, 6.45) is 2.21. The second kappa shape index (κ2) is 8.38. The van der Waals surface area contributed by atoms with Gasteiger partial charge < -0.3 is 20.8 Å². The van der Waals surface area contributed by atoms with Crippen LogP contribution in [0.25, 0.3) is 0 Å². The van der Waals surface area contributed by atoms with Gasteiger partial charge in [0.05, 0.1) is 11.4 Å². The third-order valence-corrected chi connectivity index (χ3v) is 3.67. The molecule has 0 saturated heterocycles. The molecule has 11 heteroatoms. The number of carbonyl (C=O) groups excluding carboxylic acids is 1. The maximum absolute atomic E-state index is 11.6. The van der Waals surface area contributed by atoms with E-state index in [0.29, 0.717) is 11.7 Å². The number of carboxylic acid groups (broad SMARTS) is 2. The molecule has 0 aromatic heterocycles. The first-order chi connectivity index (χ1) is 11.1. The zero-order valence-corrected chi connectivity index (χ0v) is 13.2. The highest BCUT2D eigenvalue weighted by molar-refractivity contribution is 7.89. The molecule has 1 aromatic carbocycles. The molecule has 6 N–H and O–H groups in total. The van der Waals surface area contributed by atoms with Gasteiger partial charge in [0.15, 0.2) is 0 Å². The number of aliphatic carboxylic acids is 2. The van der Waals surface area contributed by atoms with Gasteiger partial charge in [-0.05, 0) is 31.0 Å². The molecular formula is C13H17N3O7S. The maximum Gasteiger partial charge on any atom is 0.414 e. The summed E-state index contributed by atoms with van der Waals surface area (Å²) in [5, 5.41) is 25.5. The Morgan fingerprint density at radius 3 is 2.21 bits per heavy atom. The van der Waals surface area contributed by atoms with E-state index in [9.17, 15) is 13.2 Å². The van der Waals surface area contributed by atoms with Crippen molar-refractivity contribution in [1.82, 2.24) is 5.32 Å². The lowest BCUT2D eigenvalue weighted by Crippen LogP contribution is -2.29. The minimum absolute atomic E-state index is 0.0181. The first-order valence-corrected chi connectivity index (χ1v) is 8.26. The Morgan fingerprint density at radius 2 is 1.75 bits per heavy atom. The average molecular weight is 359 g/mol. The first kappa shape index (κ1) is 19.5. The largest absolute Gasteiger partial charge is 0.473 e. The van der Waals surface area contributed by atoms with E-state index in [1.165, 1.54) is 18.2 Å². The molecule has 0 aliphatic heterocycles. The molecule has 0 atom stereocenters. The molecule has 0 radical (unpaired) electrons. The molecule has 1 saturated carbocycles. The Hall–Kier alpha value is -2.50. The lowest BCUT2D eigenvalue weighted by molar-refractivity contribution is -0.159. The fourth-order valence-electron chi connectivity index (χ4n) is 1.48. The second-order valence-corrected chi connectivity index (χ2v) is 6.45. The van der Waals surface area contributed by atoms with Gasteiger partial charge in [0.1, 0.15) is 0 Å². The van der Waals surface area contributed by atoms with Crippen molar-refractivity contribution in [2.24, 2.45) is 5.14 Å². The van der Waals surface area contributed by atoms with Crippen molar-refractivity contribution in [3.63, 3.8) is 0 Å². The molecule has 24 heavy (non-hydrogen) atoms. The van der Waals surface area contributed by atoms with Crippen molar-refractivity contribution in [1.29, 1.82) is 0 Å². The number of hydrogen-bond acceptors (Lipinski definition) is 6. The molecule has 0 unspecified atom stereocenters. The summed E-state index contributed by atoms with van der Waals surface area (Å²) in [4.78, 5) is 29.7. The van der Waals surface area contributed by atoms with Crippen molar-refractivity contribution < 1.29 is 33.0 Å². The monoisotopic (exact) mass is 359 g/mol. The zero-order valence-electron chi connectivity index (χ0n) is 12.4. The molecule has 1 aliphatic rings. The van der Waals surface area contributed by atoms with Crippen LogP contribution in [0.2, 0.25) is 0 Å². The van der Waals surface area contributed by atoms with E-state index < -0.39 is 22.0 Å². The van der Waals surface area contributed by atoms with E-state index in [4.69, 9.17) is 24.9 Å². The standard InChI is InChI=1S/C11H15N3O3S.C2H2O4/c12-18(16,17)10-3-1-2-9(6-10)14-11(15)7-13-8-4-5-8;3-1(4)2(5)6/h1-3,6,8,13H,4-5,7H2,(H,14,15)(H2,12,16,17);(H,3,4)(H,5,6). The normalized spacial score (nSPS) is 13.4. The van der Waals surface area contributed by atoms with E-state index >= 15 is 0 Å². The first-order valence-electron chi connectivity index (χ1n) is 6.72. The van der Waals surface area contributed by atoms with Crippen LogP contribution < -0.4 is 15.8 Å². The van der Waals surface area contributed by atoms with Gasteiger partial charge in [-0.2, -0.15) is 0 Å². The number of rotatable bonds is 5. The molecule has 0 spiro atoms. The summed E-state index contributed by atoms with van der Waals surface area (Å²) >= 11 is 0. The van der Waals surface area contributed by atoms with Crippen LogP contribution in [0.4, 0.5) is 5.69 Å². The number of nitrogens with one attached hydrogen (secondary N) is 2. The van der Waals surface area contributed by atoms with Crippen LogP contribution in [-0.2, 0) is 24.4 Å². The molecule has 132 valence electrons. The molecule has 0 bridgehead atoms. The lowest BCUT2D eigenvalue weighted by atomic mass is 10.3. The predicted octanol–water partition coefficient (Wildman–Crippen LogP) is -0.820. The van der Waals surface area contributed by atoms with Crippen LogP contribution >= 0.6 is 0 Å². The highest BCUT2D eigenvalue weighted by Gasteiger charge is 2.21. The Balaban J connectivity index is 0.000000413. The van der Waals surface area contributed by atoms with Gasteiger partial charge in [-0.25, -0.2) is 23.1 Å². The van der Waals surface area contributed by atoms with Gasteiger partial charge in [0.25, 0.3) is 0 Å². The van der Waals surface area contributed by atoms with Gasteiger partial charge in [0, 0.05) is 11.7 Å². The number of nitrogens with two attached hydrogens (primary N) is 1. The van der Waals surface area contributed by atoms with Gasteiger partial charge in [-0.3, -0.25) is 4.79 Å². The summed E-state index contributed by atoms with van der Waals surface area (Å²) in [5.74, 6) is -3.85. The Kier molecular flexibility index (Phi) is 6.82. The molecule has 10 nitrogen and oxygen atoms in total. The Labute approximate surface area is 137 Å². The number of amides is 1. The summed E-state index contributed by atoms with van der Waals surface area (Å²) in [7, 11) is -3.74. The van der Waals surface area contributed by atoms with E-state index in [-0.39, 0.29) is 17.3 Å². The number of primary sulfonamides is 1. The summed E-state index contributed by atoms with van der Waals surface area (Å²) in [6.45, 7) is 0.226. The van der Waals surface area contributed by atoms with E-state index in [2.05, 4.69) is 10.6 Å². The number of hydrogen-bond donors (Lipinski definition) is 5. The number of sulfonamides is 1. The van der Waals surface area contributed by atoms with Crippen LogP contribution in [0.15, 0.2) is 29.2 Å². The quantitative estimate of drug-likeness (QED) is 0.423. The van der Waals surface area contributed by atoms with Gasteiger partial charge in [-0.1, -0.05) is 6.07 Å². The molecule has 1 amide bonds. The third-order valence-electron chi connectivity index (χ3n) is 2.76. The van der Waals surface area contributed by atoms with Crippen LogP contribution in [0.1, 0.15) is 12.8 Å². The zero-order chi connectivity index (χ0) is 18.3. The molecule has 1 aliphatic carbocycles. The van der Waals surface area contributed by atoms with Crippen molar-refractivity contribution in [2.75, 3.05) is 11.9 Å². The highest BCUT2D eigenvalue weighted by Crippen LogP contribution is 2.18. The summed E-state index contributed by atoms with van der Waals surface area (Å²) in [5.41, 5.74) is 0.420. The van der Waals surface area contributed by atoms with Crippen molar-refractivity contribution in [3.8, 4) is 0 Å². The number of anilines is 1. The fourth-order valence-corrected chi connectivity index (χ4v) is 2.04. The van der Waals surface area contributed by atoms with E-state index in [1.54, 1.807) is 6.07 Å². The van der Waals surface area contributed by atoms with Gasteiger partial charge >= 0.3 is 11.9 Å². The molecule has 1 aromatic rings. The minimum Gasteiger partial charge on any atom is -0.473 e. The van der Waals surface area contributed by atoms with Crippen molar-refractivity contribution >= 4 is 33.6 Å². The summed E-state index contributed by atoms with van der Waals surface area (Å²) in [6, 6.07) is 6.32. The lowest BCUT2D eigenvalue weighted by Gasteiger charge is -2.07. The van der Waals surface area contributed by atoms with E-state index in [0.717, 1.165) is 12.8 Å². The average Bonchev–Trinajstić information content (AvgIpc) is 3.29. The molecule has 1 fully saturated rings.